The van der Waals surface area contributed by atoms with Crippen LogP contribution >= 0.6 is 11.3 Å². The number of carbonyl (C=O) groups excluding carboxylic acids is 1. The van der Waals surface area contributed by atoms with Crippen molar-refractivity contribution in [2.24, 2.45) is 5.73 Å². The van der Waals surface area contributed by atoms with Crippen LogP contribution in [0.2, 0.25) is 0 Å². The molecule has 2 aromatic rings. The van der Waals surface area contributed by atoms with Gasteiger partial charge < -0.3 is 10.8 Å². The molecule has 1 saturated heterocycles. The molecule has 5 nitrogen and oxygen atoms in total. The number of thiazole rings is 1. The quantitative estimate of drug-likeness (QED) is 0.896. The Kier molecular flexibility index (Phi) is 4.01. The van der Waals surface area contributed by atoms with E-state index in [4.69, 9.17) is 5.73 Å². The molecule has 1 amide bonds. The van der Waals surface area contributed by atoms with Crippen molar-refractivity contribution in [2.75, 3.05) is 13.1 Å². The smallest absolute Gasteiger partial charge is 0.248 e. The number of hydrogen-bond acceptors (Lipinski definition) is 5. The Morgan fingerprint density at radius 1 is 1.43 bits per heavy atom. The molecule has 3 N–H and O–H groups in total. The lowest BCUT2D eigenvalue weighted by Gasteiger charge is -2.12. The van der Waals surface area contributed by atoms with Gasteiger partial charge in [-0.15, -0.1) is 11.3 Å². The largest absolute Gasteiger partial charge is 0.392 e. The van der Waals surface area contributed by atoms with Gasteiger partial charge in [0.05, 0.1) is 11.8 Å². The molecule has 0 radical (unpaired) electrons. The fourth-order valence-corrected chi connectivity index (χ4v) is 3.29. The molecule has 0 saturated carbocycles. The first-order valence-corrected chi connectivity index (χ1v) is 7.75. The van der Waals surface area contributed by atoms with Crippen molar-refractivity contribution < 1.29 is 9.90 Å². The highest BCUT2D eigenvalue weighted by atomic mass is 32.1. The number of β-amino-alcohol motifs (C(OH)–C–C–N with tert-alkyl or cyclic N) is 1. The molecule has 3 rings (SSSR count). The Morgan fingerprint density at radius 2 is 2.19 bits per heavy atom. The van der Waals surface area contributed by atoms with Crippen LogP contribution in [0.5, 0.6) is 0 Å². The summed E-state index contributed by atoms with van der Waals surface area (Å²) >= 11 is 1.58. The molecule has 1 fully saturated rings. The molecule has 0 aliphatic carbocycles. The van der Waals surface area contributed by atoms with E-state index >= 15 is 0 Å². The number of hydrogen-bond donors (Lipinski definition) is 2. The minimum absolute atomic E-state index is 0.204. The summed E-state index contributed by atoms with van der Waals surface area (Å²) in [6.07, 6.45) is 0.635. The van der Waals surface area contributed by atoms with Gasteiger partial charge in [0.15, 0.2) is 0 Å². The van der Waals surface area contributed by atoms with E-state index in [1.165, 1.54) is 0 Å². The Balaban J connectivity index is 1.70. The van der Waals surface area contributed by atoms with Gasteiger partial charge in [-0.3, -0.25) is 9.69 Å². The number of primary amides is 1. The summed E-state index contributed by atoms with van der Waals surface area (Å²) in [7, 11) is 0. The monoisotopic (exact) mass is 303 g/mol. The summed E-state index contributed by atoms with van der Waals surface area (Å²) in [5.41, 5.74) is 7.73. The van der Waals surface area contributed by atoms with E-state index in [0.29, 0.717) is 5.56 Å². The van der Waals surface area contributed by atoms with Crippen LogP contribution in [0.25, 0.3) is 10.6 Å². The lowest BCUT2D eigenvalue weighted by atomic mass is 10.1. The molecular weight excluding hydrogens is 286 g/mol. The van der Waals surface area contributed by atoms with Gasteiger partial charge in [-0.25, -0.2) is 4.98 Å². The van der Waals surface area contributed by atoms with E-state index < -0.39 is 5.91 Å². The number of likely N-dealkylation sites (tertiary alicyclic amines) is 1. The second-order valence-electron chi connectivity index (χ2n) is 5.26. The molecule has 0 bridgehead atoms. The van der Waals surface area contributed by atoms with Crippen LogP contribution in [0.3, 0.4) is 0 Å². The van der Waals surface area contributed by atoms with Gasteiger partial charge in [0.1, 0.15) is 5.01 Å². The van der Waals surface area contributed by atoms with Gasteiger partial charge in [-0.05, 0) is 18.6 Å². The third kappa shape index (κ3) is 3.29. The van der Waals surface area contributed by atoms with Crippen molar-refractivity contribution in [1.82, 2.24) is 9.88 Å². The Labute approximate surface area is 127 Å². The molecule has 6 heteroatoms. The minimum atomic E-state index is -0.422. The first-order valence-electron chi connectivity index (χ1n) is 6.87. The number of aliphatic hydroxyl groups excluding tert-OH is 1. The lowest BCUT2D eigenvalue weighted by molar-refractivity contribution is 0.100. The second-order valence-corrected chi connectivity index (χ2v) is 6.12. The average molecular weight is 303 g/mol. The number of amides is 1. The summed E-state index contributed by atoms with van der Waals surface area (Å²) in [6.45, 7) is 2.41. The zero-order chi connectivity index (χ0) is 14.8. The molecule has 2 heterocycles. The first kappa shape index (κ1) is 14.2. The number of nitrogens with two attached hydrogens (primary N) is 1. The molecule has 1 atom stereocenters. The second kappa shape index (κ2) is 5.93. The van der Waals surface area contributed by atoms with E-state index in [-0.39, 0.29) is 6.10 Å². The summed E-state index contributed by atoms with van der Waals surface area (Å²) in [6, 6.07) is 7.16. The van der Waals surface area contributed by atoms with Crippen molar-refractivity contribution in [3.63, 3.8) is 0 Å². The Hall–Kier alpha value is -1.76. The van der Waals surface area contributed by atoms with Gasteiger partial charge >= 0.3 is 0 Å². The zero-order valence-electron chi connectivity index (χ0n) is 11.5. The van der Waals surface area contributed by atoms with Crippen LogP contribution in [-0.2, 0) is 6.54 Å². The SMILES string of the molecule is NC(=O)c1ccc(-c2nc(CN3CC[C@@H](O)C3)cs2)cc1. The normalized spacial score (nSPS) is 19.0. The van der Waals surface area contributed by atoms with Crippen LogP contribution in [0, 0.1) is 0 Å². The third-order valence-electron chi connectivity index (χ3n) is 3.60. The number of benzene rings is 1. The van der Waals surface area contributed by atoms with Gasteiger partial charge in [0.25, 0.3) is 0 Å². The zero-order valence-corrected chi connectivity index (χ0v) is 12.3. The van der Waals surface area contributed by atoms with Crippen molar-refractivity contribution in [3.8, 4) is 10.6 Å². The maximum Gasteiger partial charge on any atom is 0.248 e. The molecule has 110 valence electrons. The first-order chi connectivity index (χ1) is 10.1. The van der Waals surface area contributed by atoms with Gasteiger partial charge in [-0.1, -0.05) is 12.1 Å². The van der Waals surface area contributed by atoms with Crippen LogP contribution in [-0.4, -0.2) is 40.1 Å². The number of aromatic nitrogens is 1. The van der Waals surface area contributed by atoms with E-state index in [0.717, 1.165) is 42.3 Å². The predicted octanol–water partition coefficient (Wildman–Crippen LogP) is 1.48. The molecule has 0 spiro atoms. The van der Waals surface area contributed by atoms with E-state index in [2.05, 4.69) is 9.88 Å². The summed E-state index contributed by atoms with van der Waals surface area (Å²) in [5, 5.41) is 12.5. The summed E-state index contributed by atoms with van der Waals surface area (Å²) in [4.78, 5) is 17.9. The van der Waals surface area contributed by atoms with Crippen LogP contribution < -0.4 is 5.73 Å². The standard InChI is InChI=1S/C15H17N3O2S/c16-14(20)10-1-3-11(4-2-10)15-17-12(9-21-15)7-18-6-5-13(19)8-18/h1-4,9,13,19H,5-8H2,(H2,16,20)/t13-/m1/s1. The number of rotatable bonds is 4. The van der Waals surface area contributed by atoms with Crippen molar-refractivity contribution in [3.05, 3.63) is 40.9 Å². The lowest BCUT2D eigenvalue weighted by Crippen LogP contribution is -2.21. The maximum absolute atomic E-state index is 11.1. The maximum atomic E-state index is 11.1. The highest BCUT2D eigenvalue weighted by molar-refractivity contribution is 7.13. The van der Waals surface area contributed by atoms with Gasteiger partial charge in [0.2, 0.25) is 5.91 Å². The van der Waals surface area contributed by atoms with Gasteiger partial charge in [0, 0.05) is 36.1 Å². The fourth-order valence-electron chi connectivity index (χ4n) is 2.47. The summed E-state index contributed by atoms with van der Waals surface area (Å²) in [5.74, 6) is -0.422. The predicted molar refractivity (Wildman–Crippen MR) is 82.0 cm³/mol. The average Bonchev–Trinajstić information content (AvgIpc) is 3.09. The van der Waals surface area contributed by atoms with E-state index in [9.17, 15) is 9.90 Å². The van der Waals surface area contributed by atoms with Crippen molar-refractivity contribution >= 4 is 17.2 Å². The topological polar surface area (TPSA) is 79.5 Å². The van der Waals surface area contributed by atoms with Crippen LogP contribution in [0.1, 0.15) is 22.5 Å². The molecule has 1 aliphatic rings. The van der Waals surface area contributed by atoms with Crippen molar-refractivity contribution in [2.45, 2.75) is 19.1 Å². The molecule has 21 heavy (non-hydrogen) atoms. The van der Waals surface area contributed by atoms with E-state index in [1.54, 1.807) is 23.5 Å². The molecule has 1 aromatic carbocycles. The molecular formula is C15H17N3O2S. The fraction of sp³-hybridized carbons (Fsp3) is 0.333. The Bertz CT molecular complexity index is 639. The van der Waals surface area contributed by atoms with Crippen molar-refractivity contribution in [1.29, 1.82) is 0 Å². The molecule has 1 aromatic heterocycles. The molecule has 0 unspecified atom stereocenters. The minimum Gasteiger partial charge on any atom is -0.392 e. The third-order valence-corrected chi connectivity index (χ3v) is 4.54. The number of nitrogens with zero attached hydrogens (tertiary/aromatic N) is 2. The highest BCUT2D eigenvalue weighted by Crippen LogP contribution is 2.25. The van der Waals surface area contributed by atoms with Crippen LogP contribution in [0.4, 0.5) is 0 Å². The highest BCUT2D eigenvalue weighted by Gasteiger charge is 2.20. The van der Waals surface area contributed by atoms with Gasteiger partial charge in [-0.2, -0.15) is 0 Å². The number of carbonyl (C=O) groups is 1. The number of aliphatic hydroxyl groups is 1. The van der Waals surface area contributed by atoms with E-state index in [1.807, 2.05) is 17.5 Å². The van der Waals surface area contributed by atoms with Crippen LogP contribution in [0.15, 0.2) is 29.6 Å². The summed E-state index contributed by atoms with van der Waals surface area (Å²) < 4.78 is 0. The Morgan fingerprint density at radius 3 is 2.81 bits per heavy atom. The molecule has 1 aliphatic heterocycles.